The van der Waals surface area contributed by atoms with Crippen LogP contribution in [0.25, 0.3) is 0 Å². The standard InChI is InChI=1S/C10H11F2N5O/c1-6-13-10(16-15-6)14-9(18)7-3-2-4-17(7)5-8(11)12/h2-4,8H,5H2,1H3,(H2,13,14,15,16,18). The molecule has 0 bridgehead atoms. The molecule has 18 heavy (non-hydrogen) atoms. The van der Waals surface area contributed by atoms with Crippen molar-refractivity contribution in [3.63, 3.8) is 0 Å². The molecule has 0 aliphatic carbocycles. The first-order valence-corrected chi connectivity index (χ1v) is 5.20. The summed E-state index contributed by atoms with van der Waals surface area (Å²) in [4.78, 5) is 15.7. The van der Waals surface area contributed by atoms with Gasteiger partial charge in [0.25, 0.3) is 12.3 Å². The molecule has 2 aromatic heterocycles. The van der Waals surface area contributed by atoms with Crippen LogP contribution < -0.4 is 5.32 Å². The first kappa shape index (κ1) is 12.2. The van der Waals surface area contributed by atoms with Crippen molar-refractivity contribution in [2.75, 3.05) is 5.32 Å². The third-order valence-electron chi connectivity index (χ3n) is 2.22. The Labute approximate surface area is 101 Å². The second-order valence-corrected chi connectivity index (χ2v) is 3.64. The number of aromatic nitrogens is 4. The summed E-state index contributed by atoms with van der Waals surface area (Å²) >= 11 is 0. The van der Waals surface area contributed by atoms with Gasteiger partial charge in [-0.05, 0) is 19.1 Å². The van der Waals surface area contributed by atoms with Crippen molar-refractivity contribution in [1.29, 1.82) is 0 Å². The fourth-order valence-electron chi connectivity index (χ4n) is 1.49. The van der Waals surface area contributed by atoms with Crippen LogP contribution in [-0.4, -0.2) is 32.1 Å². The summed E-state index contributed by atoms with van der Waals surface area (Å²) in [7, 11) is 0. The zero-order valence-electron chi connectivity index (χ0n) is 9.52. The number of aromatic amines is 1. The fraction of sp³-hybridized carbons (Fsp3) is 0.300. The van der Waals surface area contributed by atoms with Crippen LogP contribution >= 0.6 is 0 Å². The number of H-pyrrole nitrogens is 1. The van der Waals surface area contributed by atoms with E-state index >= 15 is 0 Å². The highest BCUT2D eigenvalue weighted by molar-refractivity contribution is 6.02. The second-order valence-electron chi connectivity index (χ2n) is 3.64. The number of halogens is 2. The summed E-state index contributed by atoms with van der Waals surface area (Å²) in [6.07, 6.45) is -1.10. The molecule has 2 heterocycles. The Hall–Kier alpha value is -2.25. The first-order valence-electron chi connectivity index (χ1n) is 5.20. The number of carbonyl (C=O) groups is 1. The zero-order chi connectivity index (χ0) is 13.1. The van der Waals surface area contributed by atoms with Crippen molar-refractivity contribution >= 4 is 11.9 Å². The van der Waals surface area contributed by atoms with E-state index in [-0.39, 0.29) is 11.6 Å². The van der Waals surface area contributed by atoms with Crippen LogP contribution in [0.1, 0.15) is 16.3 Å². The number of nitrogens with zero attached hydrogens (tertiary/aromatic N) is 3. The van der Waals surface area contributed by atoms with Gasteiger partial charge < -0.3 is 4.57 Å². The maximum Gasteiger partial charge on any atom is 0.274 e. The summed E-state index contributed by atoms with van der Waals surface area (Å²) < 4.78 is 25.8. The molecule has 0 aliphatic heterocycles. The summed E-state index contributed by atoms with van der Waals surface area (Å²) in [5.74, 6) is 0.134. The lowest BCUT2D eigenvalue weighted by Gasteiger charge is -2.07. The van der Waals surface area contributed by atoms with Gasteiger partial charge in [-0.1, -0.05) is 0 Å². The SMILES string of the molecule is Cc1nc(NC(=O)c2cccn2CC(F)F)n[nH]1. The van der Waals surface area contributed by atoms with Gasteiger partial charge in [-0.3, -0.25) is 15.2 Å². The smallest absolute Gasteiger partial charge is 0.274 e. The Bertz CT molecular complexity index is 548. The van der Waals surface area contributed by atoms with Crippen molar-refractivity contribution < 1.29 is 13.6 Å². The Morgan fingerprint density at radius 1 is 1.61 bits per heavy atom. The molecule has 0 saturated carbocycles. The van der Waals surface area contributed by atoms with Gasteiger partial charge in [0.1, 0.15) is 11.5 Å². The van der Waals surface area contributed by atoms with E-state index in [9.17, 15) is 13.6 Å². The van der Waals surface area contributed by atoms with E-state index in [1.165, 1.54) is 22.9 Å². The van der Waals surface area contributed by atoms with Gasteiger partial charge in [0.05, 0.1) is 6.54 Å². The molecule has 0 spiro atoms. The van der Waals surface area contributed by atoms with Gasteiger partial charge in [0.2, 0.25) is 5.95 Å². The Balaban J connectivity index is 2.11. The molecule has 2 N–H and O–H groups in total. The van der Waals surface area contributed by atoms with Gasteiger partial charge >= 0.3 is 0 Å². The van der Waals surface area contributed by atoms with Gasteiger partial charge in [-0.15, -0.1) is 5.10 Å². The Morgan fingerprint density at radius 2 is 2.39 bits per heavy atom. The predicted molar refractivity (Wildman–Crippen MR) is 59.5 cm³/mol. The summed E-state index contributed by atoms with van der Waals surface area (Å²) in [6.45, 7) is 1.16. The number of carbonyl (C=O) groups excluding carboxylic acids is 1. The predicted octanol–water partition coefficient (Wildman–Crippen LogP) is 1.43. The van der Waals surface area contributed by atoms with Gasteiger partial charge in [0, 0.05) is 6.20 Å². The fourth-order valence-corrected chi connectivity index (χ4v) is 1.49. The minimum atomic E-state index is -2.52. The summed E-state index contributed by atoms with van der Waals surface area (Å²) in [6, 6.07) is 2.98. The van der Waals surface area contributed by atoms with Gasteiger partial charge in [0.15, 0.2) is 0 Å². The molecule has 2 aromatic rings. The van der Waals surface area contributed by atoms with E-state index in [0.717, 1.165) is 0 Å². The van der Waals surface area contributed by atoms with E-state index in [0.29, 0.717) is 5.82 Å². The maximum absolute atomic E-state index is 12.3. The van der Waals surface area contributed by atoms with E-state index in [1.54, 1.807) is 6.92 Å². The lowest BCUT2D eigenvalue weighted by Crippen LogP contribution is -2.19. The molecule has 0 atom stereocenters. The molecule has 0 aliphatic rings. The second kappa shape index (κ2) is 4.94. The first-order chi connectivity index (χ1) is 8.56. The van der Waals surface area contributed by atoms with Crippen molar-refractivity contribution in [3.05, 3.63) is 29.8 Å². The van der Waals surface area contributed by atoms with Crippen LogP contribution in [0.2, 0.25) is 0 Å². The van der Waals surface area contributed by atoms with E-state index in [4.69, 9.17) is 0 Å². The molecule has 0 aromatic carbocycles. The molecular formula is C10H11F2N5O. The molecule has 96 valence electrons. The molecular weight excluding hydrogens is 244 g/mol. The summed E-state index contributed by atoms with van der Waals surface area (Å²) in [5, 5.41) is 8.71. The highest BCUT2D eigenvalue weighted by Gasteiger charge is 2.15. The largest absolute Gasteiger partial charge is 0.338 e. The number of hydrogen-bond acceptors (Lipinski definition) is 3. The average Bonchev–Trinajstić information content (AvgIpc) is 2.87. The quantitative estimate of drug-likeness (QED) is 0.867. The minimum absolute atomic E-state index is 0.113. The van der Waals surface area contributed by atoms with E-state index in [2.05, 4.69) is 20.5 Å². The van der Waals surface area contributed by atoms with Crippen LogP contribution in [0, 0.1) is 6.92 Å². The third kappa shape index (κ3) is 2.70. The Morgan fingerprint density at radius 3 is 3.00 bits per heavy atom. The zero-order valence-corrected chi connectivity index (χ0v) is 9.52. The van der Waals surface area contributed by atoms with Gasteiger partial charge in [-0.25, -0.2) is 8.78 Å². The van der Waals surface area contributed by atoms with Crippen molar-refractivity contribution in [3.8, 4) is 0 Å². The Kier molecular flexibility index (Phi) is 3.35. The number of hydrogen-bond donors (Lipinski definition) is 2. The average molecular weight is 255 g/mol. The third-order valence-corrected chi connectivity index (χ3v) is 2.22. The molecule has 0 fully saturated rings. The molecule has 1 amide bonds. The van der Waals surface area contributed by atoms with E-state index in [1.807, 2.05) is 0 Å². The molecule has 8 heteroatoms. The van der Waals surface area contributed by atoms with Crippen LogP contribution in [-0.2, 0) is 6.54 Å². The lowest BCUT2D eigenvalue weighted by molar-refractivity contribution is 0.0997. The monoisotopic (exact) mass is 255 g/mol. The summed E-state index contributed by atoms with van der Waals surface area (Å²) in [5.41, 5.74) is 0.137. The highest BCUT2D eigenvalue weighted by atomic mass is 19.3. The van der Waals surface area contributed by atoms with Crippen molar-refractivity contribution in [1.82, 2.24) is 19.7 Å². The number of alkyl halides is 2. The van der Waals surface area contributed by atoms with E-state index < -0.39 is 18.9 Å². The number of aryl methyl sites for hydroxylation is 1. The number of nitrogens with one attached hydrogen (secondary N) is 2. The molecule has 0 radical (unpaired) electrons. The molecule has 0 unspecified atom stereocenters. The van der Waals surface area contributed by atoms with Gasteiger partial charge in [-0.2, -0.15) is 4.98 Å². The van der Waals surface area contributed by atoms with Crippen LogP contribution in [0.3, 0.4) is 0 Å². The van der Waals surface area contributed by atoms with Crippen LogP contribution in [0.5, 0.6) is 0 Å². The highest BCUT2D eigenvalue weighted by Crippen LogP contribution is 2.08. The maximum atomic E-state index is 12.3. The number of anilines is 1. The van der Waals surface area contributed by atoms with Crippen molar-refractivity contribution in [2.45, 2.75) is 19.9 Å². The number of amides is 1. The van der Waals surface area contributed by atoms with Crippen molar-refractivity contribution in [2.24, 2.45) is 0 Å². The topological polar surface area (TPSA) is 75.6 Å². The lowest BCUT2D eigenvalue weighted by atomic mass is 10.4. The van der Waals surface area contributed by atoms with Crippen LogP contribution in [0.4, 0.5) is 14.7 Å². The molecule has 6 nitrogen and oxygen atoms in total. The number of rotatable bonds is 4. The van der Waals surface area contributed by atoms with Crippen LogP contribution in [0.15, 0.2) is 18.3 Å². The normalized spacial score (nSPS) is 10.9. The molecule has 2 rings (SSSR count). The minimum Gasteiger partial charge on any atom is -0.338 e. The molecule has 0 saturated heterocycles.